The van der Waals surface area contributed by atoms with Crippen LogP contribution in [0.3, 0.4) is 0 Å². The summed E-state index contributed by atoms with van der Waals surface area (Å²) in [5.41, 5.74) is -0.658. The molecule has 160 valence electrons. The second-order valence-corrected chi connectivity index (χ2v) is 7.32. The number of H-pyrrole nitrogens is 1. The molecule has 12 nitrogen and oxygen atoms in total. The van der Waals surface area contributed by atoms with E-state index in [2.05, 4.69) is 24.6 Å². The van der Waals surface area contributed by atoms with Gasteiger partial charge in [0.25, 0.3) is 5.56 Å². The molecule has 1 aromatic rings. The summed E-state index contributed by atoms with van der Waals surface area (Å²) < 4.78 is 21.8. The zero-order valence-corrected chi connectivity index (χ0v) is 17.1. The molecular formula is C16H23N4O8P. The monoisotopic (exact) mass is 430 g/mol. The summed E-state index contributed by atoms with van der Waals surface area (Å²) in [7, 11) is 0.944. The van der Waals surface area contributed by atoms with Crippen LogP contribution in [0.25, 0.3) is 0 Å². The third-order valence-electron chi connectivity index (χ3n) is 3.78. The van der Waals surface area contributed by atoms with Crippen LogP contribution in [0, 0.1) is 6.92 Å². The summed E-state index contributed by atoms with van der Waals surface area (Å²) in [5, 5.41) is 5.63. The van der Waals surface area contributed by atoms with Gasteiger partial charge in [0.1, 0.15) is 19.2 Å². The Balaban J connectivity index is 1.92. The predicted molar refractivity (Wildman–Crippen MR) is 102 cm³/mol. The Labute approximate surface area is 167 Å². The Hall–Kier alpha value is -2.37. The van der Waals surface area contributed by atoms with Gasteiger partial charge in [-0.15, -0.1) is 0 Å². The van der Waals surface area contributed by atoms with E-state index < -0.39 is 44.0 Å². The first-order valence-electron chi connectivity index (χ1n) is 8.53. The largest absolute Gasteiger partial charge is 0.468 e. The van der Waals surface area contributed by atoms with Gasteiger partial charge in [0.05, 0.1) is 20.8 Å². The molecule has 3 N–H and O–H groups in total. The highest BCUT2D eigenvalue weighted by Crippen LogP contribution is 2.29. The minimum absolute atomic E-state index is 0.0815. The highest BCUT2D eigenvalue weighted by molar-refractivity contribution is 7.48. The lowest BCUT2D eigenvalue weighted by Gasteiger charge is -2.21. The molecule has 2 atom stereocenters. The van der Waals surface area contributed by atoms with E-state index in [1.165, 1.54) is 25.0 Å². The van der Waals surface area contributed by atoms with Crippen molar-refractivity contribution in [2.45, 2.75) is 19.3 Å². The van der Waals surface area contributed by atoms with Crippen molar-refractivity contribution in [2.24, 2.45) is 0 Å². The minimum Gasteiger partial charge on any atom is -0.468 e. The van der Waals surface area contributed by atoms with Gasteiger partial charge >= 0.3 is 17.6 Å². The van der Waals surface area contributed by atoms with Crippen LogP contribution in [-0.4, -0.2) is 61.5 Å². The molecular weight excluding hydrogens is 407 g/mol. The summed E-state index contributed by atoms with van der Waals surface area (Å²) in [6.07, 6.45) is 3.63. The van der Waals surface area contributed by atoms with E-state index in [0.717, 1.165) is 0 Å². The predicted octanol–water partition coefficient (Wildman–Crippen LogP) is -0.933. The molecule has 0 fully saturated rings. The van der Waals surface area contributed by atoms with Crippen molar-refractivity contribution in [2.75, 3.05) is 33.9 Å². The third kappa shape index (κ3) is 6.87. The van der Waals surface area contributed by atoms with Crippen molar-refractivity contribution in [1.82, 2.24) is 19.7 Å². The highest BCUT2D eigenvalue weighted by Gasteiger charge is 2.24. The average molecular weight is 430 g/mol. The van der Waals surface area contributed by atoms with E-state index >= 15 is 0 Å². The number of rotatable bonds is 10. The van der Waals surface area contributed by atoms with Crippen molar-refractivity contribution < 1.29 is 28.3 Å². The Bertz CT molecular complexity index is 847. The zero-order chi connectivity index (χ0) is 21.4. The molecule has 0 saturated carbocycles. The van der Waals surface area contributed by atoms with Crippen LogP contribution in [0.15, 0.2) is 27.9 Å². The van der Waals surface area contributed by atoms with Crippen LogP contribution in [0.5, 0.6) is 0 Å². The Morgan fingerprint density at radius 2 is 1.79 bits per heavy atom. The maximum absolute atomic E-state index is 12.0. The summed E-state index contributed by atoms with van der Waals surface area (Å²) >= 11 is 0. The topological polar surface area (TPSA) is 150 Å². The van der Waals surface area contributed by atoms with Crippen LogP contribution in [-0.2, 0) is 28.3 Å². The number of esters is 2. The van der Waals surface area contributed by atoms with E-state index in [1.807, 2.05) is 0 Å². The van der Waals surface area contributed by atoms with Crippen molar-refractivity contribution in [3.05, 3.63) is 44.8 Å². The van der Waals surface area contributed by atoms with Gasteiger partial charge in [-0.25, -0.2) is 15.0 Å². The molecule has 0 spiro atoms. The minimum atomic E-state index is -1.57. The first-order chi connectivity index (χ1) is 13.8. The van der Waals surface area contributed by atoms with Crippen LogP contribution < -0.4 is 21.4 Å². The van der Waals surface area contributed by atoms with E-state index in [4.69, 9.17) is 9.26 Å². The van der Waals surface area contributed by atoms with Gasteiger partial charge in [-0.3, -0.25) is 23.9 Å². The number of hydrogen-bond donors (Lipinski definition) is 3. The quantitative estimate of drug-likeness (QED) is 0.241. The normalized spacial score (nSPS) is 18.2. The maximum atomic E-state index is 12.0. The summed E-state index contributed by atoms with van der Waals surface area (Å²) in [4.78, 5) is 48.3. The molecule has 2 heterocycles. The number of hydrogen-bond acceptors (Lipinski definition) is 10. The number of carbonyl (C=O) groups is 2. The number of aromatic nitrogens is 2. The second-order valence-electron chi connectivity index (χ2n) is 5.84. The van der Waals surface area contributed by atoms with E-state index in [0.29, 0.717) is 5.56 Å². The lowest BCUT2D eigenvalue weighted by atomic mass is 10.3. The number of aryl methyl sites for hydroxylation is 1. The SMILES string of the molecule is COC(=O)CNP(NCC(=O)OC)OC[C@@H]1C=C[C@H](n2cc(C)c(=O)[nH]c2=O)O1. The van der Waals surface area contributed by atoms with E-state index in [1.54, 1.807) is 19.1 Å². The molecule has 1 aliphatic heterocycles. The van der Waals surface area contributed by atoms with Gasteiger partial charge < -0.3 is 18.7 Å². The molecule has 0 radical (unpaired) electrons. The molecule has 29 heavy (non-hydrogen) atoms. The van der Waals surface area contributed by atoms with Gasteiger partial charge in [-0.2, -0.15) is 0 Å². The number of methoxy groups -OCH3 is 2. The number of nitrogens with one attached hydrogen (secondary N) is 3. The third-order valence-corrected chi connectivity index (χ3v) is 5.08. The summed E-state index contributed by atoms with van der Waals surface area (Å²) in [6.45, 7) is 1.43. The Kier molecular flexibility index (Phi) is 8.68. The molecule has 0 unspecified atom stereocenters. The molecule has 0 bridgehead atoms. The van der Waals surface area contributed by atoms with Gasteiger partial charge in [0.15, 0.2) is 14.7 Å². The lowest BCUT2D eigenvalue weighted by Crippen LogP contribution is -2.34. The Morgan fingerprint density at radius 3 is 2.38 bits per heavy atom. The van der Waals surface area contributed by atoms with Gasteiger partial charge in [0.2, 0.25) is 0 Å². The molecule has 0 saturated heterocycles. The molecule has 0 amide bonds. The number of carbonyl (C=O) groups excluding carboxylic acids is 2. The zero-order valence-electron chi connectivity index (χ0n) is 16.2. The smallest absolute Gasteiger partial charge is 0.330 e. The van der Waals surface area contributed by atoms with E-state index in [9.17, 15) is 19.2 Å². The van der Waals surface area contributed by atoms with Crippen molar-refractivity contribution in [3.63, 3.8) is 0 Å². The number of aromatic amines is 1. The number of ether oxygens (including phenoxy) is 3. The maximum Gasteiger partial charge on any atom is 0.330 e. The molecule has 0 aromatic carbocycles. The van der Waals surface area contributed by atoms with Gasteiger partial charge in [-0.05, 0) is 13.0 Å². The van der Waals surface area contributed by atoms with Crippen molar-refractivity contribution in [3.8, 4) is 0 Å². The fraction of sp³-hybridized carbons (Fsp3) is 0.500. The molecule has 2 rings (SSSR count). The lowest BCUT2D eigenvalue weighted by molar-refractivity contribution is -0.139. The molecule has 1 aliphatic rings. The standard InChI is InChI=1S/C16H23N4O8P/c1-10-8-20(16(24)19-15(10)23)12-5-4-11(28-12)9-27-29(17-6-13(21)25-2)18-7-14(22)26-3/h4-5,8,11-12,17-18H,6-7,9H2,1-3H3,(H,19,23,24)/t11-,12+/m0/s1. The van der Waals surface area contributed by atoms with Gasteiger partial charge in [0, 0.05) is 11.8 Å². The van der Waals surface area contributed by atoms with Gasteiger partial charge in [-0.1, -0.05) is 6.08 Å². The second kappa shape index (κ2) is 11.0. The molecule has 13 heteroatoms. The van der Waals surface area contributed by atoms with Crippen LogP contribution >= 0.6 is 8.45 Å². The van der Waals surface area contributed by atoms with Crippen LogP contribution in [0.4, 0.5) is 0 Å². The average Bonchev–Trinajstić information content (AvgIpc) is 3.18. The number of nitrogens with zero attached hydrogens (tertiary/aromatic N) is 1. The molecule has 1 aromatic heterocycles. The summed E-state index contributed by atoms with van der Waals surface area (Å²) in [6, 6.07) is 0. The van der Waals surface area contributed by atoms with Crippen LogP contribution in [0.2, 0.25) is 0 Å². The highest BCUT2D eigenvalue weighted by atomic mass is 31.2. The van der Waals surface area contributed by atoms with Crippen molar-refractivity contribution in [1.29, 1.82) is 0 Å². The fourth-order valence-electron chi connectivity index (χ4n) is 2.23. The van der Waals surface area contributed by atoms with E-state index in [-0.39, 0.29) is 19.7 Å². The Morgan fingerprint density at radius 1 is 1.17 bits per heavy atom. The van der Waals surface area contributed by atoms with Crippen molar-refractivity contribution >= 4 is 20.4 Å². The fourth-order valence-corrected chi connectivity index (χ4v) is 3.37. The molecule has 0 aliphatic carbocycles. The first kappa shape index (κ1) is 22.9. The first-order valence-corrected chi connectivity index (χ1v) is 9.79. The summed E-state index contributed by atoms with van der Waals surface area (Å²) in [5.74, 6) is -0.989. The van der Waals surface area contributed by atoms with Crippen LogP contribution in [0.1, 0.15) is 11.8 Å².